The Bertz CT molecular complexity index is 1080. The summed E-state index contributed by atoms with van der Waals surface area (Å²) < 4.78 is 8.04. The van der Waals surface area contributed by atoms with Gasteiger partial charge in [-0.2, -0.15) is 0 Å². The molecule has 3 aromatic rings. The third kappa shape index (κ3) is 3.57. The van der Waals surface area contributed by atoms with Crippen LogP contribution in [0, 0.1) is 12.8 Å². The van der Waals surface area contributed by atoms with Gasteiger partial charge in [0.05, 0.1) is 22.7 Å². The van der Waals surface area contributed by atoms with Gasteiger partial charge in [0.25, 0.3) is 5.56 Å². The topological polar surface area (TPSA) is 86.1 Å². The van der Waals surface area contributed by atoms with E-state index in [1.807, 2.05) is 25.1 Å². The van der Waals surface area contributed by atoms with E-state index in [-0.39, 0.29) is 17.4 Å². The van der Waals surface area contributed by atoms with E-state index in [2.05, 4.69) is 15.3 Å². The zero-order valence-corrected chi connectivity index (χ0v) is 16.5. The normalized spacial score (nSPS) is 16.1. The van der Waals surface area contributed by atoms with Gasteiger partial charge in [0.2, 0.25) is 5.91 Å². The minimum Gasteiger partial charge on any atom is -0.494 e. The first-order valence-corrected chi connectivity index (χ1v) is 10.4. The minimum absolute atomic E-state index is 0.0894. The van der Waals surface area contributed by atoms with E-state index in [0.717, 1.165) is 16.0 Å². The number of thiazole rings is 1. The first kappa shape index (κ1) is 18.0. The predicted molar refractivity (Wildman–Crippen MR) is 107 cm³/mol. The number of hydrogen-bond acceptors (Lipinski definition) is 7. The van der Waals surface area contributed by atoms with Crippen molar-refractivity contribution in [3.8, 4) is 5.75 Å². The predicted octanol–water partition coefficient (Wildman–Crippen LogP) is 2.92. The Morgan fingerprint density at radius 2 is 2.30 bits per heavy atom. The van der Waals surface area contributed by atoms with E-state index < -0.39 is 0 Å². The summed E-state index contributed by atoms with van der Waals surface area (Å²) in [5.74, 6) is 0.926. The Kier molecular flexibility index (Phi) is 4.88. The van der Waals surface area contributed by atoms with E-state index >= 15 is 0 Å². The monoisotopic (exact) mass is 402 g/mol. The van der Waals surface area contributed by atoms with Crippen LogP contribution in [0.1, 0.15) is 12.5 Å². The van der Waals surface area contributed by atoms with Crippen LogP contribution in [0.3, 0.4) is 0 Å². The number of thioether (sulfide) groups is 1. The summed E-state index contributed by atoms with van der Waals surface area (Å²) in [4.78, 5) is 33.7. The maximum Gasteiger partial charge on any atom is 0.257 e. The molecule has 2 aromatic heterocycles. The Hall–Kier alpha value is -2.39. The van der Waals surface area contributed by atoms with Crippen LogP contribution in [0.4, 0.5) is 5.13 Å². The van der Waals surface area contributed by atoms with Gasteiger partial charge < -0.3 is 10.1 Å². The van der Waals surface area contributed by atoms with Gasteiger partial charge in [0.1, 0.15) is 5.75 Å². The van der Waals surface area contributed by atoms with Crippen LogP contribution >= 0.6 is 23.1 Å². The van der Waals surface area contributed by atoms with Crippen LogP contribution < -0.4 is 15.6 Å². The molecule has 1 aliphatic rings. The van der Waals surface area contributed by atoms with Crippen molar-refractivity contribution in [2.45, 2.75) is 25.5 Å². The van der Waals surface area contributed by atoms with Crippen molar-refractivity contribution >= 4 is 44.4 Å². The molecule has 0 saturated carbocycles. The minimum atomic E-state index is -0.310. The highest BCUT2D eigenvalue weighted by Gasteiger charge is 2.27. The molecule has 0 radical (unpaired) electrons. The van der Waals surface area contributed by atoms with E-state index in [1.54, 1.807) is 17.7 Å². The SMILES string of the molecule is CCOc1ccc2nc(NC(=O)C3CSc4ncc(C)c(=O)n4C3)sc2c1. The number of hydrogen-bond donors (Lipinski definition) is 1. The zero-order chi connectivity index (χ0) is 19.0. The number of ether oxygens (including phenoxy) is 1. The molecular formula is C18H18N4O3S2. The molecule has 4 rings (SSSR count). The highest BCUT2D eigenvalue weighted by atomic mass is 32.2. The number of fused-ring (bicyclic) bond motifs is 2. The standard InChI is InChI=1S/C18H18N4O3S2/c1-3-25-12-4-5-13-14(6-12)27-17(20-13)21-15(23)11-8-22-16(24)10(2)7-19-18(22)26-9-11/h4-7,11H,3,8-9H2,1-2H3,(H,20,21,23). The van der Waals surface area contributed by atoms with Crippen molar-refractivity contribution in [1.82, 2.24) is 14.5 Å². The molecule has 7 nitrogen and oxygen atoms in total. The summed E-state index contributed by atoms with van der Waals surface area (Å²) >= 11 is 2.84. The summed E-state index contributed by atoms with van der Waals surface area (Å²) in [7, 11) is 0. The number of aromatic nitrogens is 3. The quantitative estimate of drug-likeness (QED) is 0.676. The highest BCUT2D eigenvalue weighted by molar-refractivity contribution is 7.99. The molecule has 1 amide bonds. The molecule has 1 aliphatic heterocycles. The number of nitrogens with one attached hydrogen (secondary N) is 1. The number of benzene rings is 1. The van der Waals surface area contributed by atoms with Crippen LogP contribution in [0.2, 0.25) is 0 Å². The smallest absolute Gasteiger partial charge is 0.257 e. The van der Waals surface area contributed by atoms with Crippen LogP contribution in [0.5, 0.6) is 5.75 Å². The van der Waals surface area contributed by atoms with Crippen molar-refractivity contribution < 1.29 is 9.53 Å². The maximum atomic E-state index is 12.7. The molecule has 140 valence electrons. The van der Waals surface area contributed by atoms with Crippen molar-refractivity contribution in [3.63, 3.8) is 0 Å². The third-order valence-corrected chi connectivity index (χ3v) is 6.36. The largest absolute Gasteiger partial charge is 0.494 e. The first-order chi connectivity index (χ1) is 13.0. The van der Waals surface area contributed by atoms with E-state index in [9.17, 15) is 9.59 Å². The van der Waals surface area contributed by atoms with Gasteiger partial charge in [-0.05, 0) is 32.0 Å². The molecule has 1 atom stereocenters. The van der Waals surface area contributed by atoms with Crippen LogP contribution in [-0.4, -0.2) is 32.8 Å². The summed E-state index contributed by atoms with van der Waals surface area (Å²) in [6.45, 7) is 4.60. The van der Waals surface area contributed by atoms with Gasteiger partial charge in [-0.3, -0.25) is 14.2 Å². The van der Waals surface area contributed by atoms with Crippen molar-refractivity contribution in [3.05, 3.63) is 40.3 Å². The fraction of sp³-hybridized carbons (Fsp3) is 0.333. The van der Waals surface area contributed by atoms with E-state index in [1.165, 1.54) is 23.1 Å². The lowest BCUT2D eigenvalue weighted by molar-refractivity contribution is -0.119. The van der Waals surface area contributed by atoms with Crippen LogP contribution in [0.25, 0.3) is 10.2 Å². The third-order valence-electron chi connectivity index (χ3n) is 4.27. The van der Waals surface area contributed by atoms with Gasteiger partial charge in [0.15, 0.2) is 10.3 Å². The van der Waals surface area contributed by atoms with Crippen LogP contribution in [-0.2, 0) is 11.3 Å². The molecule has 0 aliphatic carbocycles. The van der Waals surface area contributed by atoms with Gasteiger partial charge in [-0.15, -0.1) is 0 Å². The number of nitrogens with zero attached hydrogens (tertiary/aromatic N) is 3. The Morgan fingerprint density at radius 3 is 3.11 bits per heavy atom. The highest BCUT2D eigenvalue weighted by Crippen LogP contribution is 2.31. The fourth-order valence-corrected chi connectivity index (χ4v) is 4.83. The second-order valence-electron chi connectivity index (χ2n) is 6.22. The first-order valence-electron chi connectivity index (χ1n) is 8.58. The number of carbonyl (C=O) groups is 1. The summed E-state index contributed by atoms with van der Waals surface area (Å²) in [5, 5.41) is 4.11. The lowest BCUT2D eigenvalue weighted by Gasteiger charge is -2.23. The second-order valence-corrected chi connectivity index (χ2v) is 8.24. The summed E-state index contributed by atoms with van der Waals surface area (Å²) in [5.41, 5.74) is 1.31. The molecule has 9 heteroatoms. The molecule has 27 heavy (non-hydrogen) atoms. The zero-order valence-electron chi connectivity index (χ0n) is 14.9. The number of amides is 1. The van der Waals surface area contributed by atoms with Crippen molar-refractivity contribution in [2.24, 2.45) is 5.92 Å². The molecule has 0 saturated heterocycles. The maximum absolute atomic E-state index is 12.7. The molecule has 0 fully saturated rings. The fourth-order valence-electron chi connectivity index (χ4n) is 2.88. The van der Waals surface area contributed by atoms with Crippen LogP contribution in [0.15, 0.2) is 34.3 Å². The summed E-state index contributed by atoms with van der Waals surface area (Å²) in [6.07, 6.45) is 1.58. The van der Waals surface area contributed by atoms with E-state index in [4.69, 9.17) is 4.74 Å². The number of anilines is 1. The van der Waals surface area contributed by atoms with Crippen molar-refractivity contribution in [2.75, 3.05) is 17.7 Å². The Labute approximate surface area is 163 Å². The van der Waals surface area contributed by atoms with E-state index in [0.29, 0.717) is 34.8 Å². The molecule has 0 spiro atoms. The lowest BCUT2D eigenvalue weighted by atomic mass is 10.1. The molecule has 0 bridgehead atoms. The number of carbonyl (C=O) groups excluding carboxylic acids is 1. The van der Waals surface area contributed by atoms with Gasteiger partial charge >= 0.3 is 0 Å². The molecule has 1 aromatic carbocycles. The average Bonchev–Trinajstić information content (AvgIpc) is 3.06. The molecular weight excluding hydrogens is 384 g/mol. The molecule has 1 N–H and O–H groups in total. The van der Waals surface area contributed by atoms with Gasteiger partial charge in [0, 0.05) is 24.1 Å². The lowest BCUT2D eigenvalue weighted by Crippen LogP contribution is -2.37. The van der Waals surface area contributed by atoms with Gasteiger partial charge in [-0.25, -0.2) is 9.97 Å². The van der Waals surface area contributed by atoms with Gasteiger partial charge in [-0.1, -0.05) is 23.1 Å². The molecule has 1 unspecified atom stereocenters. The number of aryl methyl sites for hydroxylation is 1. The Balaban J connectivity index is 1.51. The Morgan fingerprint density at radius 1 is 1.44 bits per heavy atom. The second kappa shape index (κ2) is 7.32. The number of rotatable bonds is 4. The average molecular weight is 403 g/mol. The summed E-state index contributed by atoms with van der Waals surface area (Å²) in [6, 6.07) is 5.67. The molecule has 3 heterocycles. The van der Waals surface area contributed by atoms with Crippen molar-refractivity contribution in [1.29, 1.82) is 0 Å².